The number of fused-ring (bicyclic) bond motifs is 1. The molecule has 144 valence electrons. The predicted molar refractivity (Wildman–Crippen MR) is 109 cm³/mol. The van der Waals surface area contributed by atoms with Gasteiger partial charge in [-0.2, -0.15) is 0 Å². The van der Waals surface area contributed by atoms with Crippen LogP contribution < -0.4 is 10.6 Å². The second kappa shape index (κ2) is 7.33. The Bertz CT molecular complexity index is 1070. The van der Waals surface area contributed by atoms with Crippen LogP contribution in [0.4, 0.5) is 5.95 Å². The van der Waals surface area contributed by atoms with Gasteiger partial charge in [-0.3, -0.25) is 9.59 Å². The fourth-order valence-electron chi connectivity index (χ4n) is 3.25. The van der Waals surface area contributed by atoms with Crippen LogP contribution in [0.15, 0.2) is 36.4 Å². The summed E-state index contributed by atoms with van der Waals surface area (Å²) in [7, 11) is 0. The van der Waals surface area contributed by atoms with Gasteiger partial charge >= 0.3 is 0 Å². The maximum absolute atomic E-state index is 12.7. The van der Waals surface area contributed by atoms with Crippen LogP contribution in [0.2, 0.25) is 10.0 Å². The molecular weight excluding hydrogens is 401 g/mol. The highest BCUT2D eigenvalue weighted by atomic mass is 35.5. The van der Waals surface area contributed by atoms with E-state index in [-0.39, 0.29) is 5.91 Å². The van der Waals surface area contributed by atoms with Crippen LogP contribution >= 0.6 is 23.2 Å². The van der Waals surface area contributed by atoms with E-state index in [0.29, 0.717) is 53.3 Å². The summed E-state index contributed by atoms with van der Waals surface area (Å²) in [5.41, 5.74) is 7.71. The number of hydrogen-bond acceptors (Lipinski definition) is 4. The van der Waals surface area contributed by atoms with Crippen molar-refractivity contribution < 1.29 is 9.59 Å². The Morgan fingerprint density at radius 1 is 1.04 bits per heavy atom. The molecule has 0 atom stereocenters. The largest absolute Gasteiger partial charge is 0.366 e. The summed E-state index contributed by atoms with van der Waals surface area (Å²) in [5, 5.41) is 0.846. The lowest BCUT2D eigenvalue weighted by molar-refractivity contribution is 0.0746. The van der Waals surface area contributed by atoms with Crippen molar-refractivity contribution in [1.29, 1.82) is 0 Å². The van der Waals surface area contributed by atoms with E-state index in [2.05, 4.69) is 14.9 Å². The molecule has 0 aliphatic carbocycles. The van der Waals surface area contributed by atoms with Crippen molar-refractivity contribution in [2.24, 2.45) is 5.73 Å². The minimum absolute atomic E-state index is 0.114. The Balaban J connectivity index is 1.47. The molecule has 0 unspecified atom stereocenters. The van der Waals surface area contributed by atoms with Crippen molar-refractivity contribution in [2.45, 2.75) is 0 Å². The van der Waals surface area contributed by atoms with Crippen LogP contribution in [0, 0.1) is 0 Å². The number of primary amides is 1. The Labute approximate surface area is 171 Å². The Kier molecular flexibility index (Phi) is 4.87. The number of nitrogens with one attached hydrogen (secondary N) is 1. The number of rotatable bonds is 3. The highest BCUT2D eigenvalue weighted by molar-refractivity contribution is 6.36. The number of carbonyl (C=O) groups is 2. The predicted octanol–water partition coefficient (Wildman–Crippen LogP) is 2.93. The van der Waals surface area contributed by atoms with Crippen LogP contribution in [0.5, 0.6) is 0 Å². The van der Waals surface area contributed by atoms with E-state index in [1.807, 2.05) is 0 Å². The van der Waals surface area contributed by atoms with Crippen molar-refractivity contribution in [3.05, 3.63) is 57.6 Å². The molecule has 0 spiro atoms. The average Bonchev–Trinajstić information content (AvgIpc) is 3.11. The lowest BCUT2D eigenvalue weighted by atomic mass is 10.2. The second-order valence-corrected chi connectivity index (χ2v) is 7.40. The zero-order valence-electron chi connectivity index (χ0n) is 14.8. The van der Waals surface area contributed by atoms with Gasteiger partial charge in [0.1, 0.15) is 0 Å². The van der Waals surface area contributed by atoms with E-state index in [4.69, 9.17) is 28.9 Å². The third kappa shape index (κ3) is 3.50. The number of hydrogen-bond donors (Lipinski definition) is 2. The summed E-state index contributed by atoms with van der Waals surface area (Å²) in [6, 6.07) is 9.98. The van der Waals surface area contributed by atoms with Gasteiger partial charge in [-0.15, -0.1) is 0 Å². The van der Waals surface area contributed by atoms with Gasteiger partial charge in [-0.25, -0.2) is 4.98 Å². The summed E-state index contributed by atoms with van der Waals surface area (Å²) >= 11 is 12.1. The number of benzene rings is 2. The molecule has 4 rings (SSSR count). The van der Waals surface area contributed by atoms with E-state index in [0.717, 1.165) is 11.0 Å². The molecule has 1 aliphatic heterocycles. The van der Waals surface area contributed by atoms with Crippen molar-refractivity contribution in [1.82, 2.24) is 14.9 Å². The first-order chi connectivity index (χ1) is 13.4. The molecule has 3 aromatic rings. The number of nitrogens with two attached hydrogens (primary N) is 1. The van der Waals surface area contributed by atoms with Crippen LogP contribution in [0.25, 0.3) is 11.0 Å². The first kappa shape index (κ1) is 18.6. The number of amides is 2. The molecule has 1 aromatic heterocycles. The zero-order chi connectivity index (χ0) is 19.8. The van der Waals surface area contributed by atoms with E-state index in [1.54, 1.807) is 41.3 Å². The molecule has 1 aliphatic rings. The Morgan fingerprint density at radius 2 is 1.79 bits per heavy atom. The topological polar surface area (TPSA) is 95.3 Å². The van der Waals surface area contributed by atoms with Crippen LogP contribution in [-0.4, -0.2) is 52.9 Å². The summed E-state index contributed by atoms with van der Waals surface area (Å²) in [6.45, 7) is 2.33. The van der Waals surface area contributed by atoms with Crippen LogP contribution in [-0.2, 0) is 0 Å². The minimum atomic E-state index is -0.481. The number of imidazole rings is 1. The van der Waals surface area contributed by atoms with Gasteiger partial charge in [0.2, 0.25) is 11.9 Å². The van der Waals surface area contributed by atoms with E-state index in [1.165, 1.54) is 0 Å². The molecule has 0 saturated carbocycles. The third-order valence-electron chi connectivity index (χ3n) is 4.78. The van der Waals surface area contributed by atoms with Crippen molar-refractivity contribution >= 4 is 52.0 Å². The number of halogens is 2. The van der Waals surface area contributed by atoms with Gasteiger partial charge < -0.3 is 20.5 Å². The first-order valence-electron chi connectivity index (χ1n) is 8.71. The smallest absolute Gasteiger partial charge is 0.255 e. The van der Waals surface area contributed by atoms with Gasteiger partial charge in [0, 0.05) is 36.8 Å². The van der Waals surface area contributed by atoms with Gasteiger partial charge in [0.05, 0.1) is 21.6 Å². The van der Waals surface area contributed by atoms with E-state index < -0.39 is 5.91 Å². The molecular formula is C19H17Cl2N5O2. The van der Waals surface area contributed by atoms with E-state index in [9.17, 15) is 9.59 Å². The van der Waals surface area contributed by atoms with Gasteiger partial charge in [-0.05, 0) is 36.4 Å². The fraction of sp³-hybridized carbons (Fsp3) is 0.211. The SMILES string of the molecule is NC(=O)c1ccc2nc(N3CCN(C(=O)c4ccc(Cl)cc4Cl)CC3)[nH]c2c1. The molecule has 0 bridgehead atoms. The maximum atomic E-state index is 12.7. The Hall–Kier alpha value is -2.77. The Morgan fingerprint density at radius 3 is 2.46 bits per heavy atom. The fourth-order valence-corrected chi connectivity index (χ4v) is 3.74. The van der Waals surface area contributed by atoms with Gasteiger partial charge in [-0.1, -0.05) is 23.2 Å². The lowest BCUT2D eigenvalue weighted by Crippen LogP contribution is -2.49. The van der Waals surface area contributed by atoms with Crippen molar-refractivity contribution in [3.63, 3.8) is 0 Å². The van der Waals surface area contributed by atoms with Crippen molar-refractivity contribution in [3.8, 4) is 0 Å². The minimum Gasteiger partial charge on any atom is -0.366 e. The van der Waals surface area contributed by atoms with Gasteiger partial charge in [0.15, 0.2) is 0 Å². The summed E-state index contributed by atoms with van der Waals surface area (Å²) < 4.78 is 0. The summed E-state index contributed by atoms with van der Waals surface area (Å²) in [4.78, 5) is 35.7. The molecule has 2 amide bonds. The molecule has 1 fully saturated rings. The second-order valence-electron chi connectivity index (χ2n) is 6.56. The number of nitrogens with zero attached hydrogens (tertiary/aromatic N) is 3. The number of H-pyrrole nitrogens is 1. The van der Waals surface area contributed by atoms with Crippen LogP contribution in [0.3, 0.4) is 0 Å². The first-order valence-corrected chi connectivity index (χ1v) is 9.47. The normalized spacial score (nSPS) is 14.5. The molecule has 0 radical (unpaired) electrons. The van der Waals surface area contributed by atoms with E-state index >= 15 is 0 Å². The number of anilines is 1. The van der Waals surface area contributed by atoms with Crippen molar-refractivity contribution in [2.75, 3.05) is 31.1 Å². The molecule has 2 aromatic carbocycles. The highest BCUT2D eigenvalue weighted by Gasteiger charge is 2.25. The average molecular weight is 418 g/mol. The molecule has 1 saturated heterocycles. The van der Waals surface area contributed by atoms with Gasteiger partial charge in [0.25, 0.3) is 5.91 Å². The number of aromatic nitrogens is 2. The summed E-state index contributed by atoms with van der Waals surface area (Å²) in [5.74, 6) is 0.108. The lowest BCUT2D eigenvalue weighted by Gasteiger charge is -2.34. The number of piperazine rings is 1. The molecule has 2 heterocycles. The monoisotopic (exact) mass is 417 g/mol. The highest BCUT2D eigenvalue weighted by Crippen LogP contribution is 2.24. The maximum Gasteiger partial charge on any atom is 0.255 e. The summed E-state index contributed by atoms with van der Waals surface area (Å²) in [6.07, 6.45) is 0. The quantitative estimate of drug-likeness (QED) is 0.684. The number of carbonyl (C=O) groups excluding carboxylic acids is 2. The van der Waals surface area contributed by atoms with Crippen LogP contribution in [0.1, 0.15) is 20.7 Å². The standard InChI is InChI=1S/C19H17Cl2N5O2/c20-12-2-3-13(14(21)10-12)18(28)25-5-7-26(8-6-25)19-23-15-4-1-11(17(22)27)9-16(15)24-19/h1-4,9-10H,5-8H2,(H2,22,27)(H,23,24). The molecule has 28 heavy (non-hydrogen) atoms. The zero-order valence-corrected chi connectivity index (χ0v) is 16.3. The third-order valence-corrected chi connectivity index (χ3v) is 5.33. The molecule has 7 nitrogen and oxygen atoms in total. The molecule has 9 heteroatoms. The number of aromatic amines is 1. The molecule has 3 N–H and O–H groups in total.